The summed E-state index contributed by atoms with van der Waals surface area (Å²) < 4.78 is 31.6. The van der Waals surface area contributed by atoms with Crippen LogP contribution in [0.5, 0.6) is 0 Å². The molecule has 0 aliphatic carbocycles. The van der Waals surface area contributed by atoms with Gasteiger partial charge in [0.25, 0.3) is 0 Å². The smallest absolute Gasteiger partial charge is 0.394 e. The van der Waals surface area contributed by atoms with Crippen molar-refractivity contribution < 1.29 is 77.9 Å². The van der Waals surface area contributed by atoms with E-state index in [1.54, 1.807) is 0 Å². The lowest BCUT2D eigenvalue weighted by molar-refractivity contribution is -0.163. The molecule has 11 N–H and O–H groups in total. The Morgan fingerprint density at radius 2 is 1.00 bits per heavy atom. The zero-order valence-corrected chi connectivity index (χ0v) is 15.5. The third kappa shape index (κ3) is 17.0. The van der Waals surface area contributed by atoms with Crippen LogP contribution in [-0.2, 0) is 24.8 Å². The van der Waals surface area contributed by atoms with Gasteiger partial charge in [-0.3, -0.25) is 9.11 Å². The van der Waals surface area contributed by atoms with Crippen LogP contribution in [0, 0.1) is 0 Å². The first-order chi connectivity index (χ1) is 12.9. The van der Waals surface area contributed by atoms with E-state index in [1.807, 2.05) is 0 Å². The maximum atomic E-state index is 10.1. The average Bonchev–Trinajstić information content (AvgIpc) is 2.62. The molecule has 0 radical (unpaired) electrons. The average molecular weight is 456 g/mol. The summed E-state index contributed by atoms with van der Waals surface area (Å²) in [4.78, 5) is 29.8. The predicted molar refractivity (Wildman–Crippen MR) is 87.7 cm³/mol. The summed E-state index contributed by atoms with van der Waals surface area (Å²) in [6.07, 6.45) is -14.3. The number of rotatable bonds is 9. The van der Waals surface area contributed by atoms with E-state index in [0.717, 1.165) is 0 Å². The number of aldehydes is 2. The van der Waals surface area contributed by atoms with Gasteiger partial charge in [-0.1, -0.05) is 0 Å². The van der Waals surface area contributed by atoms with Crippen molar-refractivity contribution in [3.05, 3.63) is 0 Å². The Morgan fingerprint density at radius 1 is 0.724 bits per heavy atom. The lowest BCUT2D eigenvalue weighted by Crippen LogP contribution is -2.48. The van der Waals surface area contributed by atoms with Gasteiger partial charge in [-0.2, -0.15) is 8.42 Å². The molecule has 29 heavy (non-hydrogen) atoms. The van der Waals surface area contributed by atoms with Crippen LogP contribution in [0.2, 0.25) is 0 Å². The maximum absolute atomic E-state index is 10.1. The first-order valence-electron chi connectivity index (χ1n) is 7.20. The van der Waals surface area contributed by atoms with Crippen LogP contribution in [0.15, 0.2) is 0 Å². The molecule has 0 amide bonds. The lowest BCUT2D eigenvalue weighted by atomic mass is 10.0. The Hall–Kier alpha value is -1.64. The molecule has 8 atom stereocenters. The molecule has 0 aromatic carbocycles. The summed E-state index contributed by atoms with van der Waals surface area (Å²) in [7, 11) is -4.67. The molecule has 0 heterocycles. The summed E-state index contributed by atoms with van der Waals surface area (Å²) in [5, 5.41) is 78.3. The van der Waals surface area contributed by atoms with Crippen LogP contribution in [0.25, 0.3) is 0 Å². The fraction of sp³-hybridized carbons (Fsp3) is 0.750. The molecule has 0 bridgehead atoms. The number of carbonyl (C=O) groups excluding carboxylic acids is 2. The number of hydrogen-bond acceptors (Lipinski definition) is 13. The highest BCUT2D eigenvalue weighted by molar-refractivity contribution is 7.79. The summed E-state index contributed by atoms with van der Waals surface area (Å²) in [6, 6.07) is 0. The molecule has 16 nitrogen and oxygen atoms in total. The molecule has 8 unspecified atom stereocenters. The van der Waals surface area contributed by atoms with Gasteiger partial charge in [-0.25, -0.2) is 4.79 Å². The van der Waals surface area contributed by atoms with Crippen molar-refractivity contribution in [2.75, 3.05) is 0 Å². The zero-order valence-electron chi connectivity index (χ0n) is 14.6. The van der Waals surface area contributed by atoms with Crippen molar-refractivity contribution in [2.45, 2.75) is 55.8 Å². The SMILES string of the molecule is CC(O)C(O)C(O)C(O)C=O.O=CC(O)C(O)C(O)C(O)C(=O)O.O=S(=O)(O)O. The molecule has 0 spiro atoms. The normalized spacial score (nSPS) is 19.3. The third-order valence-electron chi connectivity index (χ3n) is 2.75. The van der Waals surface area contributed by atoms with Gasteiger partial charge in [0, 0.05) is 0 Å². The summed E-state index contributed by atoms with van der Waals surface area (Å²) in [5.74, 6) is -1.76. The standard InChI is InChI=1S/C6H10O7.C6H12O5.H2O4S/c7-1-2(8)3(9)4(10)5(11)6(12)13;1-3(8)5(10)6(11)4(9)2-7;1-5(2,3)4/h1-5,8-11H,(H,12,13);2-6,8-11H,1H3;(H2,1,2,3,4). The first kappa shape index (κ1) is 32.0. The second-order valence-corrected chi connectivity index (χ2v) is 6.08. The highest BCUT2D eigenvalue weighted by Gasteiger charge is 2.34. The van der Waals surface area contributed by atoms with E-state index < -0.39 is 65.2 Å². The first-order valence-corrected chi connectivity index (χ1v) is 8.59. The minimum atomic E-state index is -4.67. The van der Waals surface area contributed by atoms with E-state index >= 15 is 0 Å². The molecule has 0 aromatic heterocycles. The molecule has 0 saturated carbocycles. The second kappa shape index (κ2) is 15.2. The molecule has 17 heteroatoms. The van der Waals surface area contributed by atoms with Gasteiger partial charge >= 0.3 is 16.4 Å². The van der Waals surface area contributed by atoms with Crippen molar-refractivity contribution in [3.63, 3.8) is 0 Å². The van der Waals surface area contributed by atoms with Gasteiger partial charge in [0.1, 0.15) is 36.6 Å². The van der Waals surface area contributed by atoms with Crippen LogP contribution in [0.3, 0.4) is 0 Å². The Bertz CT molecular complexity index is 568. The highest BCUT2D eigenvalue weighted by Crippen LogP contribution is 2.04. The van der Waals surface area contributed by atoms with E-state index in [1.165, 1.54) is 6.92 Å². The van der Waals surface area contributed by atoms with Crippen molar-refractivity contribution >= 4 is 28.9 Å². The highest BCUT2D eigenvalue weighted by atomic mass is 32.3. The molecule has 0 rings (SSSR count). The Morgan fingerprint density at radius 3 is 1.21 bits per heavy atom. The molecule has 0 aliphatic heterocycles. The van der Waals surface area contributed by atoms with Gasteiger partial charge in [-0.15, -0.1) is 0 Å². The summed E-state index contributed by atoms with van der Waals surface area (Å²) in [6.45, 7) is 1.24. The third-order valence-corrected chi connectivity index (χ3v) is 2.75. The number of hydrogen-bond donors (Lipinski definition) is 11. The van der Waals surface area contributed by atoms with E-state index in [9.17, 15) is 14.4 Å². The maximum Gasteiger partial charge on any atom is 0.394 e. The van der Waals surface area contributed by atoms with Gasteiger partial charge < -0.3 is 55.5 Å². The quantitative estimate of drug-likeness (QED) is 0.113. The van der Waals surface area contributed by atoms with Crippen molar-refractivity contribution in [1.82, 2.24) is 0 Å². The summed E-state index contributed by atoms with van der Waals surface area (Å²) >= 11 is 0. The largest absolute Gasteiger partial charge is 0.479 e. The number of carboxylic acid groups (broad SMARTS) is 1. The fourth-order valence-electron chi connectivity index (χ4n) is 1.18. The topological polar surface area (TPSA) is 308 Å². The molecular weight excluding hydrogens is 432 g/mol. The predicted octanol–water partition coefficient (Wildman–Crippen LogP) is -6.29. The Balaban J connectivity index is -0.000000383. The monoisotopic (exact) mass is 456 g/mol. The molecular formula is C12H24O16S. The minimum absolute atomic E-state index is 0.0809. The lowest BCUT2D eigenvalue weighted by Gasteiger charge is -2.21. The zero-order chi connectivity index (χ0) is 24.1. The van der Waals surface area contributed by atoms with Gasteiger partial charge in [-0.05, 0) is 6.92 Å². The van der Waals surface area contributed by atoms with E-state index in [2.05, 4.69) is 0 Å². The number of carbonyl (C=O) groups is 3. The molecule has 174 valence electrons. The Kier molecular flexibility index (Phi) is 16.8. The number of aliphatic hydroxyl groups is 8. The van der Waals surface area contributed by atoms with Gasteiger partial charge in [0.2, 0.25) is 0 Å². The van der Waals surface area contributed by atoms with Crippen molar-refractivity contribution in [3.8, 4) is 0 Å². The van der Waals surface area contributed by atoms with Crippen LogP contribution in [-0.4, -0.2) is 131 Å². The van der Waals surface area contributed by atoms with Crippen LogP contribution >= 0.6 is 0 Å². The number of carboxylic acids is 1. The van der Waals surface area contributed by atoms with Gasteiger partial charge in [0.05, 0.1) is 6.10 Å². The van der Waals surface area contributed by atoms with E-state index in [4.69, 9.17) is 63.5 Å². The van der Waals surface area contributed by atoms with E-state index in [0.29, 0.717) is 0 Å². The molecule has 0 aromatic rings. The molecule has 0 saturated heterocycles. The van der Waals surface area contributed by atoms with Crippen molar-refractivity contribution in [1.29, 1.82) is 0 Å². The van der Waals surface area contributed by atoms with Crippen LogP contribution in [0.4, 0.5) is 0 Å². The summed E-state index contributed by atoms with van der Waals surface area (Å²) in [5.41, 5.74) is 0. The number of aliphatic carboxylic acids is 1. The Labute approximate surface area is 163 Å². The molecule has 0 fully saturated rings. The fourth-order valence-corrected chi connectivity index (χ4v) is 1.18. The van der Waals surface area contributed by atoms with Gasteiger partial charge in [0.15, 0.2) is 18.7 Å². The second-order valence-electron chi connectivity index (χ2n) is 5.19. The van der Waals surface area contributed by atoms with Crippen LogP contribution in [0.1, 0.15) is 6.92 Å². The minimum Gasteiger partial charge on any atom is -0.479 e. The number of aliphatic hydroxyl groups excluding tert-OH is 8. The van der Waals surface area contributed by atoms with Crippen molar-refractivity contribution in [2.24, 2.45) is 0 Å². The van der Waals surface area contributed by atoms with E-state index in [-0.39, 0.29) is 12.6 Å². The molecule has 0 aliphatic rings. The van der Waals surface area contributed by atoms with Crippen LogP contribution < -0.4 is 0 Å².